The number of nitrogens with zero attached hydrogens (tertiary/aromatic N) is 1. The van der Waals surface area contributed by atoms with Gasteiger partial charge in [-0.2, -0.15) is 4.99 Å². The van der Waals surface area contributed by atoms with Crippen LogP contribution in [0.1, 0.15) is 31.2 Å². The first-order valence-corrected chi connectivity index (χ1v) is 7.25. The second kappa shape index (κ2) is 5.57. The van der Waals surface area contributed by atoms with Gasteiger partial charge in [0.1, 0.15) is 11.9 Å². The maximum atomic E-state index is 10.5. The van der Waals surface area contributed by atoms with Crippen LogP contribution >= 0.6 is 11.6 Å². The average Bonchev–Trinajstić information content (AvgIpc) is 3.24. The summed E-state index contributed by atoms with van der Waals surface area (Å²) in [5.41, 5.74) is 0.566. The second-order valence-corrected chi connectivity index (χ2v) is 5.74. The summed E-state index contributed by atoms with van der Waals surface area (Å²) in [6.07, 6.45) is 5.45. The van der Waals surface area contributed by atoms with Gasteiger partial charge >= 0.3 is 0 Å². The number of rotatable bonds is 4. The molecule has 5 heteroatoms. The molecule has 1 heterocycles. The molecule has 2 fully saturated rings. The molecule has 1 aliphatic carbocycles. The average molecular weight is 294 g/mol. The third kappa shape index (κ3) is 2.73. The van der Waals surface area contributed by atoms with Crippen LogP contribution in [0.25, 0.3) is 0 Å². The minimum Gasteiger partial charge on any atom is -0.486 e. The Morgan fingerprint density at radius 3 is 2.90 bits per heavy atom. The van der Waals surface area contributed by atoms with E-state index in [2.05, 4.69) is 4.99 Å². The molecule has 0 amide bonds. The van der Waals surface area contributed by atoms with Crippen molar-refractivity contribution in [1.82, 2.24) is 0 Å². The number of ether oxygens (including phenoxy) is 2. The van der Waals surface area contributed by atoms with Gasteiger partial charge < -0.3 is 9.47 Å². The van der Waals surface area contributed by atoms with Gasteiger partial charge in [-0.3, -0.25) is 0 Å². The third-order valence-electron chi connectivity index (χ3n) is 3.86. The van der Waals surface area contributed by atoms with Crippen molar-refractivity contribution in [2.45, 2.75) is 37.3 Å². The van der Waals surface area contributed by atoms with Crippen LogP contribution in [0.4, 0.5) is 0 Å². The predicted octanol–water partition coefficient (Wildman–Crippen LogP) is 3.22. The van der Waals surface area contributed by atoms with Crippen molar-refractivity contribution in [3.05, 3.63) is 28.8 Å². The normalized spacial score (nSPS) is 23.8. The summed E-state index contributed by atoms with van der Waals surface area (Å²) < 4.78 is 11.3. The molecule has 1 saturated carbocycles. The van der Waals surface area contributed by atoms with Crippen molar-refractivity contribution >= 4 is 17.7 Å². The summed E-state index contributed by atoms with van der Waals surface area (Å²) in [5, 5.41) is 0.556. The summed E-state index contributed by atoms with van der Waals surface area (Å²) in [6.45, 7) is 1.41. The molecule has 0 N–H and O–H groups in total. The lowest BCUT2D eigenvalue weighted by Crippen LogP contribution is -2.28. The van der Waals surface area contributed by atoms with Crippen LogP contribution in [0, 0.1) is 0 Å². The number of halogens is 1. The van der Waals surface area contributed by atoms with Crippen molar-refractivity contribution in [2.75, 3.05) is 13.2 Å². The third-order valence-corrected chi connectivity index (χ3v) is 4.16. The van der Waals surface area contributed by atoms with E-state index >= 15 is 0 Å². The highest BCUT2D eigenvalue weighted by atomic mass is 35.5. The fourth-order valence-electron chi connectivity index (χ4n) is 2.54. The molecule has 1 unspecified atom stereocenters. The van der Waals surface area contributed by atoms with Gasteiger partial charge in [0, 0.05) is 6.61 Å². The van der Waals surface area contributed by atoms with E-state index in [9.17, 15) is 4.79 Å². The van der Waals surface area contributed by atoms with Gasteiger partial charge in [-0.15, -0.1) is 0 Å². The van der Waals surface area contributed by atoms with Crippen LogP contribution in [0.2, 0.25) is 5.02 Å². The molecule has 1 aliphatic heterocycles. The minimum absolute atomic E-state index is 0.0648. The molecule has 1 saturated heterocycles. The van der Waals surface area contributed by atoms with Gasteiger partial charge in [-0.1, -0.05) is 17.7 Å². The molecule has 1 aromatic carbocycles. The van der Waals surface area contributed by atoms with E-state index in [0.29, 0.717) is 17.4 Å². The van der Waals surface area contributed by atoms with Gasteiger partial charge in [-0.25, -0.2) is 4.79 Å². The Kier molecular flexibility index (Phi) is 3.79. The quantitative estimate of drug-likeness (QED) is 0.632. The van der Waals surface area contributed by atoms with Crippen molar-refractivity contribution in [3.63, 3.8) is 0 Å². The second-order valence-electron chi connectivity index (χ2n) is 5.34. The fourth-order valence-corrected chi connectivity index (χ4v) is 2.77. The van der Waals surface area contributed by atoms with E-state index in [4.69, 9.17) is 21.1 Å². The summed E-state index contributed by atoms with van der Waals surface area (Å²) in [6, 6.07) is 5.62. The number of aliphatic imine (C=N–C) groups is 1. The Morgan fingerprint density at radius 1 is 1.45 bits per heavy atom. The Bertz CT molecular complexity index is 544. The molecule has 0 spiro atoms. The molecule has 0 bridgehead atoms. The number of hydrogen-bond donors (Lipinski definition) is 0. The van der Waals surface area contributed by atoms with Gasteiger partial charge in [0.2, 0.25) is 6.08 Å². The largest absolute Gasteiger partial charge is 0.486 e. The van der Waals surface area contributed by atoms with Crippen LogP contribution in [0.3, 0.4) is 0 Å². The molecular formula is C15H16ClNO3. The predicted molar refractivity (Wildman–Crippen MR) is 75.0 cm³/mol. The SMILES string of the molecule is O=C=NC1(c2ccc(OC3CCCOC3)c(Cl)c2)CC1. The van der Waals surface area contributed by atoms with Gasteiger partial charge in [0.15, 0.2) is 0 Å². The maximum Gasteiger partial charge on any atom is 0.235 e. The maximum absolute atomic E-state index is 10.5. The zero-order valence-corrected chi connectivity index (χ0v) is 11.9. The fraction of sp³-hybridized carbons (Fsp3) is 0.533. The molecule has 4 nitrogen and oxygen atoms in total. The lowest BCUT2D eigenvalue weighted by molar-refractivity contribution is 0.00746. The van der Waals surface area contributed by atoms with E-state index < -0.39 is 5.54 Å². The zero-order valence-electron chi connectivity index (χ0n) is 11.1. The Labute approximate surface area is 122 Å². The lowest BCUT2D eigenvalue weighted by atomic mass is 10.1. The molecule has 0 aromatic heterocycles. The van der Waals surface area contributed by atoms with Crippen molar-refractivity contribution in [1.29, 1.82) is 0 Å². The Morgan fingerprint density at radius 2 is 2.30 bits per heavy atom. The zero-order chi connectivity index (χ0) is 14.0. The molecular weight excluding hydrogens is 278 g/mol. The van der Waals surface area contributed by atoms with Gasteiger partial charge in [0.05, 0.1) is 17.2 Å². The molecule has 1 atom stereocenters. The molecule has 1 aromatic rings. The number of benzene rings is 1. The van der Waals surface area contributed by atoms with E-state index in [-0.39, 0.29) is 6.10 Å². The topological polar surface area (TPSA) is 47.9 Å². The van der Waals surface area contributed by atoms with E-state index in [1.165, 1.54) is 0 Å². The standard InChI is InChI=1S/C15H16ClNO3/c16-13-8-11(15(5-6-15)17-10-18)3-4-14(13)20-12-2-1-7-19-9-12/h3-4,8,12H,1-2,5-7,9H2. The van der Waals surface area contributed by atoms with Crippen LogP contribution < -0.4 is 4.74 Å². The monoisotopic (exact) mass is 293 g/mol. The highest BCUT2D eigenvalue weighted by molar-refractivity contribution is 6.32. The number of hydrogen-bond acceptors (Lipinski definition) is 4. The summed E-state index contributed by atoms with van der Waals surface area (Å²) >= 11 is 6.28. The first-order chi connectivity index (χ1) is 9.73. The highest BCUT2D eigenvalue weighted by Crippen LogP contribution is 2.50. The summed E-state index contributed by atoms with van der Waals surface area (Å²) in [4.78, 5) is 14.4. The van der Waals surface area contributed by atoms with Crippen LogP contribution in [-0.2, 0) is 15.1 Å². The van der Waals surface area contributed by atoms with Gasteiger partial charge in [0.25, 0.3) is 0 Å². The van der Waals surface area contributed by atoms with Crippen molar-refractivity contribution < 1.29 is 14.3 Å². The first-order valence-electron chi connectivity index (χ1n) is 6.87. The van der Waals surface area contributed by atoms with Crippen LogP contribution in [-0.4, -0.2) is 25.4 Å². The Hall–Kier alpha value is -1.35. The summed E-state index contributed by atoms with van der Waals surface area (Å²) in [7, 11) is 0. The lowest BCUT2D eigenvalue weighted by Gasteiger charge is -2.24. The summed E-state index contributed by atoms with van der Waals surface area (Å²) in [5.74, 6) is 0.664. The van der Waals surface area contributed by atoms with Crippen LogP contribution in [0.15, 0.2) is 23.2 Å². The van der Waals surface area contributed by atoms with E-state index in [1.54, 1.807) is 6.08 Å². The number of isocyanates is 1. The van der Waals surface area contributed by atoms with Gasteiger partial charge in [-0.05, 0) is 43.4 Å². The first kappa shape index (κ1) is 13.6. The molecule has 106 valence electrons. The van der Waals surface area contributed by atoms with E-state index in [1.807, 2.05) is 18.2 Å². The van der Waals surface area contributed by atoms with Crippen molar-refractivity contribution in [3.8, 4) is 5.75 Å². The smallest absolute Gasteiger partial charge is 0.235 e. The van der Waals surface area contributed by atoms with E-state index in [0.717, 1.165) is 37.9 Å². The number of carbonyl (C=O) groups excluding carboxylic acids is 1. The molecule has 20 heavy (non-hydrogen) atoms. The molecule has 2 aliphatic rings. The minimum atomic E-state index is -0.391. The molecule has 3 rings (SSSR count). The van der Waals surface area contributed by atoms with Crippen molar-refractivity contribution in [2.24, 2.45) is 4.99 Å². The highest BCUT2D eigenvalue weighted by Gasteiger charge is 2.45. The molecule has 0 radical (unpaired) electrons. The Balaban J connectivity index is 1.76. The van der Waals surface area contributed by atoms with Crippen LogP contribution in [0.5, 0.6) is 5.75 Å².